The Morgan fingerprint density at radius 2 is 1.78 bits per heavy atom. The van der Waals surface area contributed by atoms with Crippen molar-refractivity contribution >= 4 is 23.2 Å². The molecule has 0 aliphatic rings. The lowest BCUT2D eigenvalue weighted by atomic mass is 10.3. The second-order valence-electron chi connectivity index (χ2n) is 5.77. The number of pyridine rings is 2. The third-order valence-corrected chi connectivity index (χ3v) is 3.92. The van der Waals surface area contributed by atoms with E-state index in [0.29, 0.717) is 17.2 Å². The quantitative estimate of drug-likeness (QED) is 0.440. The van der Waals surface area contributed by atoms with E-state index in [-0.39, 0.29) is 12.5 Å². The molecule has 0 unspecified atom stereocenters. The third-order valence-electron chi connectivity index (χ3n) is 3.92. The number of para-hydroxylation sites is 2. The molecule has 132 valence electrons. The average molecular weight is 356 g/mol. The largest absolute Gasteiger partial charge is 0.313 e. The summed E-state index contributed by atoms with van der Waals surface area (Å²) in [5, 5.41) is 3.97. The Hall–Kier alpha value is -3.87. The number of aromatic nitrogens is 4. The number of hydrazone groups is 1. The number of fused-ring (bicyclic) bond motifs is 1. The number of amides is 1. The van der Waals surface area contributed by atoms with Gasteiger partial charge in [0.1, 0.15) is 12.2 Å². The normalized spacial score (nSPS) is 11.1. The molecule has 0 spiro atoms. The molecular weight excluding hydrogens is 340 g/mol. The number of rotatable bonds is 5. The minimum absolute atomic E-state index is 0.0754. The summed E-state index contributed by atoms with van der Waals surface area (Å²) in [6.45, 7) is 0.0754. The van der Waals surface area contributed by atoms with Crippen LogP contribution in [0.5, 0.6) is 0 Å². The number of imidazole rings is 1. The predicted molar refractivity (Wildman–Crippen MR) is 103 cm³/mol. The highest BCUT2D eigenvalue weighted by molar-refractivity contribution is 5.85. The summed E-state index contributed by atoms with van der Waals surface area (Å²) in [6.07, 6.45) is 4.87. The Morgan fingerprint density at radius 1 is 1.00 bits per heavy atom. The van der Waals surface area contributed by atoms with E-state index in [1.807, 2.05) is 59.2 Å². The van der Waals surface area contributed by atoms with Gasteiger partial charge in [0.05, 0.1) is 22.9 Å². The first-order valence-electron chi connectivity index (χ1n) is 8.41. The van der Waals surface area contributed by atoms with E-state index < -0.39 is 0 Å². The molecule has 0 fully saturated rings. The van der Waals surface area contributed by atoms with Crippen molar-refractivity contribution in [3.8, 4) is 11.5 Å². The van der Waals surface area contributed by atoms with Crippen LogP contribution in [0.1, 0.15) is 5.69 Å². The van der Waals surface area contributed by atoms with Crippen LogP contribution in [0.15, 0.2) is 78.2 Å². The Kier molecular flexibility index (Phi) is 4.65. The maximum absolute atomic E-state index is 12.4. The van der Waals surface area contributed by atoms with Gasteiger partial charge in [-0.25, -0.2) is 10.4 Å². The van der Waals surface area contributed by atoms with Crippen LogP contribution in [-0.2, 0) is 11.3 Å². The van der Waals surface area contributed by atoms with E-state index in [0.717, 1.165) is 11.0 Å². The van der Waals surface area contributed by atoms with Crippen LogP contribution in [0.2, 0.25) is 0 Å². The minimum atomic E-state index is -0.262. The SMILES string of the molecule is O=C(Cn1c(-c2ccccn2)nc2ccccc21)N/N=C\c1ccccn1. The van der Waals surface area contributed by atoms with Crippen LogP contribution in [0, 0.1) is 0 Å². The molecule has 4 aromatic rings. The molecular formula is C20H16N6O. The lowest BCUT2D eigenvalue weighted by Gasteiger charge is -2.07. The van der Waals surface area contributed by atoms with Crippen LogP contribution in [0.3, 0.4) is 0 Å². The number of nitrogens with zero attached hydrogens (tertiary/aromatic N) is 5. The van der Waals surface area contributed by atoms with Crippen molar-refractivity contribution in [3.05, 3.63) is 78.8 Å². The fourth-order valence-corrected chi connectivity index (χ4v) is 2.73. The lowest BCUT2D eigenvalue weighted by Crippen LogP contribution is -2.23. The Morgan fingerprint density at radius 3 is 2.56 bits per heavy atom. The van der Waals surface area contributed by atoms with Crippen molar-refractivity contribution in [2.75, 3.05) is 0 Å². The minimum Gasteiger partial charge on any atom is -0.313 e. The van der Waals surface area contributed by atoms with Gasteiger partial charge in [-0.15, -0.1) is 0 Å². The Balaban J connectivity index is 1.59. The van der Waals surface area contributed by atoms with E-state index in [1.165, 1.54) is 6.21 Å². The fourth-order valence-electron chi connectivity index (χ4n) is 2.73. The Labute approximate surface area is 155 Å². The fraction of sp³-hybridized carbons (Fsp3) is 0.0500. The lowest BCUT2D eigenvalue weighted by molar-refractivity contribution is -0.121. The molecule has 0 radical (unpaired) electrons. The van der Waals surface area contributed by atoms with Gasteiger partial charge >= 0.3 is 0 Å². The maximum Gasteiger partial charge on any atom is 0.260 e. The van der Waals surface area contributed by atoms with Gasteiger partial charge in [-0.3, -0.25) is 14.8 Å². The molecule has 0 aliphatic carbocycles. The number of carbonyl (C=O) groups is 1. The van der Waals surface area contributed by atoms with Crippen molar-refractivity contribution < 1.29 is 4.79 Å². The van der Waals surface area contributed by atoms with Gasteiger partial charge in [0, 0.05) is 12.4 Å². The van der Waals surface area contributed by atoms with E-state index in [2.05, 4.69) is 25.5 Å². The van der Waals surface area contributed by atoms with Crippen LogP contribution in [0.25, 0.3) is 22.6 Å². The van der Waals surface area contributed by atoms with Gasteiger partial charge in [0.15, 0.2) is 5.82 Å². The molecule has 0 saturated carbocycles. The average Bonchev–Trinajstić information content (AvgIpc) is 3.08. The number of nitrogens with one attached hydrogen (secondary N) is 1. The van der Waals surface area contributed by atoms with Gasteiger partial charge in [-0.05, 0) is 36.4 Å². The summed E-state index contributed by atoms with van der Waals surface area (Å²) in [6, 6.07) is 18.8. The van der Waals surface area contributed by atoms with Gasteiger partial charge in [-0.1, -0.05) is 24.3 Å². The summed E-state index contributed by atoms with van der Waals surface area (Å²) in [7, 11) is 0. The monoisotopic (exact) mass is 356 g/mol. The highest BCUT2D eigenvalue weighted by atomic mass is 16.2. The molecule has 0 bridgehead atoms. The van der Waals surface area contributed by atoms with Crippen LogP contribution in [-0.4, -0.2) is 31.6 Å². The highest BCUT2D eigenvalue weighted by Gasteiger charge is 2.15. The first-order chi connectivity index (χ1) is 13.3. The molecule has 27 heavy (non-hydrogen) atoms. The van der Waals surface area contributed by atoms with E-state index in [1.54, 1.807) is 18.5 Å². The molecule has 1 N–H and O–H groups in total. The van der Waals surface area contributed by atoms with Crippen molar-refractivity contribution in [1.82, 2.24) is 24.9 Å². The van der Waals surface area contributed by atoms with Gasteiger partial charge < -0.3 is 4.57 Å². The smallest absolute Gasteiger partial charge is 0.260 e. The maximum atomic E-state index is 12.4. The van der Waals surface area contributed by atoms with Crippen LogP contribution < -0.4 is 5.43 Å². The second kappa shape index (κ2) is 7.57. The molecule has 0 atom stereocenters. The zero-order chi connectivity index (χ0) is 18.5. The summed E-state index contributed by atoms with van der Waals surface area (Å²) < 4.78 is 1.84. The standard InChI is InChI=1S/C20H16N6O/c27-19(25-23-13-15-7-3-5-11-21-15)14-26-18-10-2-1-8-16(18)24-20(26)17-9-4-6-12-22-17/h1-13H,14H2,(H,25,27)/b23-13-. The van der Waals surface area contributed by atoms with Gasteiger partial charge in [-0.2, -0.15) is 5.10 Å². The topological polar surface area (TPSA) is 85.1 Å². The van der Waals surface area contributed by atoms with Crippen molar-refractivity contribution in [2.45, 2.75) is 6.54 Å². The number of hydrogen-bond acceptors (Lipinski definition) is 5. The number of benzene rings is 1. The zero-order valence-electron chi connectivity index (χ0n) is 14.4. The second-order valence-corrected chi connectivity index (χ2v) is 5.77. The first kappa shape index (κ1) is 16.6. The highest BCUT2D eigenvalue weighted by Crippen LogP contribution is 2.23. The number of carbonyl (C=O) groups excluding carboxylic acids is 1. The van der Waals surface area contributed by atoms with E-state index in [9.17, 15) is 4.79 Å². The van der Waals surface area contributed by atoms with Crippen molar-refractivity contribution in [3.63, 3.8) is 0 Å². The van der Waals surface area contributed by atoms with Gasteiger partial charge in [0.2, 0.25) is 0 Å². The predicted octanol–water partition coefficient (Wildman–Crippen LogP) is 2.64. The molecule has 4 rings (SSSR count). The van der Waals surface area contributed by atoms with E-state index >= 15 is 0 Å². The molecule has 7 heteroatoms. The molecule has 1 aromatic carbocycles. The zero-order valence-corrected chi connectivity index (χ0v) is 14.4. The van der Waals surface area contributed by atoms with Crippen molar-refractivity contribution in [1.29, 1.82) is 0 Å². The molecule has 0 aliphatic heterocycles. The van der Waals surface area contributed by atoms with Crippen LogP contribution in [0.4, 0.5) is 0 Å². The molecule has 7 nitrogen and oxygen atoms in total. The molecule has 1 amide bonds. The summed E-state index contributed by atoms with van der Waals surface area (Å²) in [4.78, 5) is 25.5. The summed E-state index contributed by atoms with van der Waals surface area (Å²) in [5.41, 5.74) is 5.58. The van der Waals surface area contributed by atoms with Crippen LogP contribution >= 0.6 is 0 Å². The number of hydrogen-bond donors (Lipinski definition) is 1. The van der Waals surface area contributed by atoms with Crippen molar-refractivity contribution in [2.24, 2.45) is 5.10 Å². The van der Waals surface area contributed by atoms with Gasteiger partial charge in [0.25, 0.3) is 5.91 Å². The Bertz CT molecular complexity index is 1090. The third kappa shape index (κ3) is 3.72. The first-order valence-corrected chi connectivity index (χ1v) is 8.41. The molecule has 3 heterocycles. The van der Waals surface area contributed by atoms with E-state index in [4.69, 9.17) is 0 Å². The molecule has 3 aromatic heterocycles. The summed E-state index contributed by atoms with van der Waals surface area (Å²) in [5.74, 6) is 0.378. The summed E-state index contributed by atoms with van der Waals surface area (Å²) >= 11 is 0. The molecule has 0 saturated heterocycles.